The Bertz CT molecular complexity index is 730. The lowest BCUT2D eigenvalue weighted by molar-refractivity contribution is -0.163. The molecule has 0 amide bonds. The van der Waals surface area contributed by atoms with Gasteiger partial charge in [-0.25, -0.2) is 4.79 Å². The molecule has 1 saturated carbocycles. The molecule has 148 valence electrons. The van der Waals surface area contributed by atoms with Gasteiger partial charge in [-0.2, -0.15) is 0 Å². The first-order valence-corrected chi connectivity index (χ1v) is 9.78. The van der Waals surface area contributed by atoms with Gasteiger partial charge in [0.2, 0.25) is 0 Å². The number of aliphatic carboxylic acids is 1. The smallest absolute Gasteiger partial charge is 0.331 e. The summed E-state index contributed by atoms with van der Waals surface area (Å²) in [6.45, 7) is 8.04. The third-order valence-corrected chi connectivity index (χ3v) is 6.78. The van der Waals surface area contributed by atoms with Crippen LogP contribution in [0.1, 0.15) is 58.9 Å². The van der Waals surface area contributed by atoms with Crippen LogP contribution in [-0.2, 0) is 20.7 Å². The minimum Gasteiger partial charge on any atom is -0.478 e. The molecule has 1 aromatic rings. The summed E-state index contributed by atoms with van der Waals surface area (Å²) >= 11 is 0. The number of carbonyl (C=O) groups is 2. The molecule has 0 saturated heterocycles. The molecule has 2 aliphatic carbocycles. The monoisotopic (exact) mass is 374 g/mol. The predicted molar refractivity (Wildman–Crippen MR) is 101 cm³/mol. The van der Waals surface area contributed by atoms with Crippen LogP contribution in [-0.4, -0.2) is 23.1 Å². The Hall–Kier alpha value is -2.04. The first-order valence-electron chi connectivity index (χ1n) is 9.78. The quantitative estimate of drug-likeness (QED) is 0.761. The number of furan rings is 1. The van der Waals surface area contributed by atoms with Crippen molar-refractivity contribution in [2.45, 2.75) is 65.9 Å². The number of esters is 1. The van der Waals surface area contributed by atoms with Gasteiger partial charge in [-0.05, 0) is 60.1 Å². The van der Waals surface area contributed by atoms with Crippen LogP contribution in [0, 0.1) is 22.7 Å². The normalized spacial score (nSPS) is 32.3. The summed E-state index contributed by atoms with van der Waals surface area (Å²) in [6.07, 6.45) is 9.16. The van der Waals surface area contributed by atoms with Crippen molar-refractivity contribution in [2.75, 3.05) is 0 Å². The Labute approximate surface area is 160 Å². The van der Waals surface area contributed by atoms with Gasteiger partial charge in [-0.15, -0.1) is 0 Å². The van der Waals surface area contributed by atoms with Crippen LogP contribution in [0.3, 0.4) is 0 Å². The van der Waals surface area contributed by atoms with Crippen LogP contribution >= 0.6 is 0 Å². The molecule has 27 heavy (non-hydrogen) atoms. The van der Waals surface area contributed by atoms with Crippen LogP contribution in [0.5, 0.6) is 0 Å². The predicted octanol–water partition coefficient (Wildman–Crippen LogP) is 4.62. The maximum Gasteiger partial charge on any atom is 0.331 e. The van der Waals surface area contributed by atoms with Crippen LogP contribution in [0.4, 0.5) is 0 Å². The summed E-state index contributed by atoms with van der Waals surface area (Å²) in [5.41, 5.74) is 1.22. The molecule has 0 bridgehead atoms. The molecule has 0 spiro atoms. The molecule has 5 heteroatoms. The number of hydrogen-bond acceptors (Lipinski definition) is 4. The number of carbonyl (C=O) groups excluding carboxylic acids is 1. The zero-order valence-corrected chi connectivity index (χ0v) is 16.7. The molecule has 0 aromatic carbocycles. The van der Waals surface area contributed by atoms with Crippen molar-refractivity contribution in [3.05, 3.63) is 35.8 Å². The number of carboxylic acids is 1. The van der Waals surface area contributed by atoms with E-state index in [2.05, 4.69) is 20.8 Å². The van der Waals surface area contributed by atoms with Crippen LogP contribution in [0.2, 0.25) is 0 Å². The minimum atomic E-state index is -0.910. The molecule has 2 aliphatic rings. The topological polar surface area (TPSA) is 76.7 Å². The highest BCUT2D eigenvalue weighted by molar-refractivity contribution is 5.88. The first kappa shape index (κ1) is 19.7. The lowest BCUT2D eigenvalue weighted by atomic mass is 9.47. The van der Waals surface area contributed by atoms with Gasteiger partial charge in [0.1, 0.15) is 6.10 Å². The highest BCUT2D eigenvalue weighted by Gasteiger charge is 2.57. The maximum absolute atomic E-state index is 12.1. The van der Waals surface area contributed by atoms with Crippen LogP contribution in [0.15, 0.2) is 34.7 Å². The van der Waals surface area contributed by atoms with E-state index >= 15 is 0 Å². The zero-order chi connectivity index (χ0) is 19.8. The summed E-state index contributed by atoms with van der Waals surface area (Å²) in [7, 11) is 0. The molecule has 5 nitrogen and oxygen atoms in total. The van der Waals surface area contributed by atoms with Crippen molar-refractivity contribution in [2.24, 2.45) is 22.7 Å². The first-order chi connectivity index (χ1) is 12.6. The van der Waals surface area contributed by atoms with E-state index in [9.17, 15) is 14.7 Å². The van der Waals surface area contributed by atoms with Crippen molar-refractivity contribution >= 4 is 11.9 Å². The fourth-order valence-electron chi connectivity index (χ4n) is 5.83. The van der Waals surface area contributed by atoms with Gasteiger partial charge >= 0.3 is 11.9 Å². The number of aryl methyl sites for hydroxylation is 1. The van der Waals surface area contributed by atoms with Crippen molar-refractivity contribution in [3.8, 4) is 0 Å². The molecule has 1 N–H and O–H groups in total. The van der Waals surface area contributed by atoms with Gasteiger partial charge in [0.25, 0.3) is 0 Å². The zero-order valence-electron chi connectivity index (χ0n) is 16.7. The largest absolute Gasteiger partial charge is 0.478 e. The molecule has 1 unspecified atom stereocenters. The number of fused-ring (bicyclic) bond motifs is 1. The lowest BCUT2D eigenvalue weighted by Gasteiger charge is -2.58. The van der Waals surface area contributed by atoms with Gasteiger partial charge < -0.3 is 14.3 Å². The minimum absolute atomic E-state index is 0.0262. The molecule has 3 rings (SSSR count). The maximum atomic E-state index is 12.1. The van der Waals surface area contributed by atoms with Gasteiger partial charge in [0.05, 0.1) is 12.5 Å². The summed E-state index contributed by atoms with van der Waals surface area (Å²) in [4.78, 5) is 23.8. The summed E-state index contributed by atoms with van der Waals surface area (Å²) in [6, 6.07) is 1.93. The fourth-order valence-corrected chi connectivity index (χ4v) is 5.83. The van der Waals surface area contributed by atoms with Gasteiger partial charge in [0.15, 0.2) is 0 Å². The molecular formula is C22H30O5. The standard InChI is InChI=1S/C22H30O5/c1-14(23)27-18-12-16(20(24)25)17(7-6-15-8-11-26-13-15)22(4)10-5-9-21(2,3)19(18)22/h8,11-13,17-19H,5-7,9-10H2,1-4H3,(H,24,25)/t17-,18?,19-,22+/m0/s1. The van der Waals surface area contributed by atoms with E-state index in [0.29, 0.717) is 5.57 Å². The summed E-state index contributed by atoms with van der Waals surface area (Å²) in [5, 5.41) is 9.93. The molecular weight excluding hydrogens is 344 g/mol. The third-order valence-electron chi connectivity index (χ3n) is 6.78. The van der Waals surface area contributed by atoms with Gasteiger partial charge in [0, 0.05) is 18.4 Å². The number of ether oxygens (including phenoxy) is 1. The van der Waals surface area contributed by atoms with Crippen molar-refractivity contribution in [3.63, 3.8) is 0 Å². The Morgan fingerprint density at radius 2 is 2.04 bits per heavy atom. The van der Waals surface area contributed by atoms with Gasteiger partial charge in [-0.1, -0.05) is 27.2 Å². The molecule has 0 aliphatic heterocycles. The number of carboxylic acid groups (broad SMARTS) is 1. The summed E-state index contributed by atoms with van der Waals surface area (Å²) < 4.78 is 10.8. The Kier molecular flexibility index (Phi) is 5.24. The van der Waals surface area contributed by atoms with E-state index in [0.717, 1.165) is 37.7 Å². The van der Waals surface area contributed by atoms with E-state index in [-0.39, 0.29) is 28.6 Å². The Morgan fingerprint density at radius 3 is 2.63 bits per heavy atom. The third kappa shape index (κ3) is 3.69. The van der Waals surface area contributed by atoms with Crippen LogP contribution in [0.25, 0.3) is 0 Å². The molecule has 1 heterocycles. The van der Waals surface area contributed by atoms with E-state index in [1.807, 2.05) is 6.07 Å². The van der Waals surface area contributed by atoms with E-state index < -0.39 is 12.1 Å². The second kappa shape index (κ2) is 7.17. The SMILES string of the molecule is CC(=O)OC1C=C(C(=O)O)[C@H](CCc2ccoc2)[C@@]2(C)CCCC(C)(C)[C@H]12. The van der Waals surface area contributed by atoms with E-state index in [4.69, 9.17) is 9.15 Å². The van der Waals surface area contributed by atoms with E-state index in [1.165, 1.54) is 6.92 Å². The highest BCUT2D eigenvalue weighted by atomic mass is 16.5. The second-order valence-corrected chi connectivity index (χ2v) is 9.05. The average Bonchev–Trinajstić information content (AvgIpc) is 3.04. The average molecular weight is 374 g/mol. The van der Waals surface area contributed by atoms with Crippen molar-refractivity contribution in [1.82, 2.24) is 0 Å². The van der Waals surface area contributed by atoms with Gasteiger partial charge in [-0.3, -0.25) is 4.79 Å². The van der Waals surface area contributed by atoms with E-state index in [1.54, 1.807) is 18.6 Å². The fraction of sp³-hybridized carbons (Fsp3) is 0.636. The summed E-state index contributed by atoms with van der Waals surface area (Å²) in [5.74, 6) is -1.25. The number of hydrogen-bond donors (Lipinski definition) is 1. The Morgan fingerprint density at radius 1 is 1.30 bits per heavy atom. The van der Waals surface area contributed by atoms with Crippen LogP contribution < -0.4 is 0 Å². The Balaban J connectivity index is 2.03. The second-order valence-electron chi connectivity index (χ2n) is 9.05. The van der Waals surface area contributed by atoms with Crippen molar-refractivity contribution < 1.29 is 23.8 Å². The molecule has 4 atom stereocenters. The molecule has 0 radical (unpaired) electrons. The number of rotatable bonds is 5. The molecule has 1 aromatic heterocycles. The van der Waals surface area contributed by atoms with Crippen molar-refractivity contribution in [1.29, 1.82) is 0 Å². The lowest BCUT2D eigenvalue weighted by Crippen LogP contribution is -2.55. The molecule has 1 fully saturated rings. The highest BCUT2D eigenvalue weighted by Crippen LogP contribution is 2.61.